The van der Waals surface area contributed by atoms with Crippen LogP contribution in [0.4, 0.5) is 5.13 Å². The Morgan fingerprint density at radius 1 is 1.40 bits per heavy atom. The van der Waals surface area contributed by atoms with Crippen LogP contribution in [0.15, 0.2) is 12.1 Å². The number of carbonyl (C=O) groups is 1. The van der Waals surface area contributed by atoms with Crippen molar-refractivity contribution in [2.45, 2.75) is 26.7 Å². The molecular formula is C15H19N3OS. The topological polar surface area (TPSA) is 59.2 Å². The van der Waals surface area contributed by atoms with E-state index in [9.17, 15) is 4.79 Å². The molecule has 1 aromatic heterocycles. The molecule has 1 aliphatic heterocycles. The summed E-state index contributed by atoms with van der Waals surface area (Å²) < 4.78 is 1.25. The summed E-state index contributed by atoms with van der Waals surface area (Å²) >= 11 is 1.72. The molecule has 0 radical (unpaired) electrons. The molecule has 1 aliphatic rings. The fourth-order valence-corrected chi connectivity index (χ4v) is 3.91. The van der Waals surface area contributed by atoms with E-state index in [4.69, 9.17) is 10.7 Å². The number of benzene rings is 1. The second kappa shape index (κ2) is 5.05. The number of nitrogens with zero attached hydrogens (tertiary/aromatic N) is 2. The minimum Gasteiger partial charge on any atom is -0.369 e. The standard InChI is InChI=1S/C15H19N3OS/c1-9-5-6-10(2)13-12(9)17-15(20-13)18-7-3-4-11(8-18)14(16)19/h5-6,11H,3-4,7-8H2,1-2H3,(H2,16,19). The number of nitrogens with two attached hydrogens (primary N) is 1. The second-order valence-electron chi connectivity index (χ2n) is 5.56. The number of aromatic nitrogens is 1. The van der Waals surface area contributed by atoms with Gasteiger partial charge in [-0.05, 0) is 37.8 Å². The molecule has 1 unspecified atom stereocenters. The first kappa shape index (κ1) is 13.4. The minimum atomic E-state index is -0.192. The highest BCUT2D eigenvalue weighted by molar-refractivity contribution is 7.22. The molecule has 2 N–H and O–H groups in total. The predicted molar refractivity (Wildman–Crippen MR) is 83.2 cm³/mol. The molecule has 3 rings (SSSR count). The Morgan fingerprint density at radius 2 is 2.15 bits per heavy atom. The number of amides is 1. The number of rotatable bonds is 2. The van der Waals surface area contributed by atoms with Crippen LogP contribution in [0.1, 0.15) is 24.0 Å². The van der Waals surface area contributed by atoms with E-state index in [0.717, 1.165) is 30.0 Å². The molecular weight excluding hydrogens is 270 g/mol. The lowest BCUT2D eigenvalue weighted by atomic mass is 9.98. The van der Waals surface area contributed by atoms with E-state index in [0.29, 0.717) is 6.54 Å². The van der Waals surface area contributed by atoms with Crippen molar-refractivity contribution >= 4 is 32.6 Å². The third-order valence-electron chi connectivity index (χ3n) is 4.03. The molecule has 106 valence electrons. The number of primary amides is 1. The van der Waals surface area contributed by atoms with Gasteiger partial charge in [0.25, 0.3) is 0 Å². The monoisotopic (exact) mass is 289 g/mol. The molecule has 0 bridgehead atoms. The van der Waals surface area contributed by atoms with E-state index in [1.807, 2.05) is 0 Å². The zero-order chi connectivity index (χ0) is 14.3. The van der Waals surface area contributed by atoms with E-state index in [1.165, 1.54) is 15.8 Å². The summed E-state index contributed by atoms with van der Waals surface area (Å²) in [5, 5.41) is 1.02. The predicted octanol–water partition coefficient (Wildman–Crippen LogP) is 2.61. The molecule has 5 heteroatoms. The molecule has 1 amide bonds. The van der Waals surface area contributed by atoms with Gasteiger partial charge in [0, 0.05) is 13.1 Å². The number of aryl methyl sites for hydroxylation is 2. The maximum absolute atomic E-state index is 11.4. The average Bonchev–Trinajstić information content (AvgIpc) is 2.89. The lowest BCUT2D eigenvalue weighted by Crippen LogP contribution is -2.41. The molecule has 20 heavy (non-hydrogen) atoms. The van der Waals surface area contributed by atoms with Gasteiger partial charge in [-0.15, -0.1) is 0 Å². The van der Waals surface area contributed by atoms with Crippen LogP contribution in [0.3, 0.4) is 0 Å². The summed E-state index contributed by atoms with van der Waals surface area (Å²) in [4.78, 5) is 18.4. The fourth-order valence-electron chi connectivity index (χ4n) is 2.77. The van der Waals surface area contributed by atoms with Crippen molar-refractivity contribution in [1.82, 2.24) is 4.98 Å². The normalized spacial score (nSPS) is 19.5. The van der Waals surface area contributed by atoms with Crippen LogP contribution in [0.5, 0.6) is 0 Å². The molecule has 0 saturated carbocycles. The summed E-state index contributed by atoms with van der Waals surface area (Å²) in [6.07, 6.45) is 1.90. The van der Waals surface area contributed by atoms with Gasteiger partial charge in [-0.1, -0.05) is 23.5 Å². The Bertz CT molecular complexity index is 625. The molecule has 0 spiro atoms. The number of anilines is 1. The van der Waals surface area contributed by atoms with Gasteiger partial charge >= 0.3 is 0 Å². The Labute approximate surface area is 122 Å². The van der Waals surface area contributed by atoms with E-state index < -0.39 is 0 Å². The van der Waals surface area contributed by atoms with Crippen molar-refractivity contribution in [3.63, 3.8) is 0 Å². The summed E-state index contributed by atoms with van der Waals surface area (Å²) in [5.41, 5.74) is 9.00. The number of piperidine rings is 1. The van der Waals surface area contributed by atoms with E-state index in [2.05, 4.69) is 30.9 Å². The summed E-state index contributed by atoms with van der Waals surface area (Å²) in [7, 11) is 0. The number of hydrogen-bond donors (Lipinski definition) is 1. The number of thiazole rings is 1. The Kier molecular flexibility index (Phi) is 3.38. The number of fused-ring (bicyclic) bond motifs is 1. The Morgan fingerprint density at radius 3 is 2.85 bits per heavy atom. The van der Waals surface area contributed by atoms with Crippen molar-refractivity contribution in [2.24, 2.45) is 11.7 Å². The maximum Gasteiger partial charge on any atom is 0.222 e. The smallest absolute Gasteiger partial charge is 0.222 e. The zero-order valence-electron chi connectivity index (χ0n) is 11.8. The third-order valence-corrected chi connectivity index (χ3v) is 5.28. The van der Waals surface area contributed by atoms with E-state index in [-0.39, 0.29) is 11.8 Å². The largest absolute Gasteiger partial charge is 0.369 e. The van der Waals surface area contributed by atoms with Crippen molar-refractivity contribution < 1.29 is 4.79 Å². The van der Waals surface area contributed by atoms with E-state index in [1.54, 1.807) is 11.3 Å². The SMILES string of the molecule is Cc1ccc(C)c2sc(N3CCCC(C(N)=O)C3)nc12. The van der Waals surface area contributed by atoms with Crippen LogP contribution in [0.2, 0.25) is 0 Å². The highest BCUT2D eigenvalue weighted by Crippen LogP contribution is 2.34. The first-order valence-corrected chi connectivity index (χ1v) is 7.79. The van der Waals surface area contributed by atoms with Crippen LogP contribution in [-0.4, -0.2) is 24.0 Å². The van der Waals surface area contributed by atoms with Crippen LogP contribution in [-0.2, 0) is 4.79 Å². The van der Waals surface area contributed by atoms with Crippen molar-refractivity contribution in [1.29, 1.82) is 0 Å². The van der Waals surface area contributed by atoms with Gasteiger partial charge < -0.3 is 10.6 Å². The molecule has 1 aromatic carbocycles. The first-order chi connectivity index (χ1) is 9.56. The summed E-state index contributed by atoms with van der Waals surface area (Å²) in [6, 6.07) is 4.26. The molecule has 1 saturated heterocycles. The lowest BCUT2D eigenvalue weighted by Gasteiger charge is -2.30. The summed E-state index contributed by atoms with van der Waals surface area (Å²) in [5.74, 6) is -0.235. The van der Waals surface area contributed by atoms with Gasteiger partial charge in [-0.3, -0.25) is 4.79 Å². The lowest BCUT2D eigenvalue weighted by molar-refractivity contribution is -0.122. The van der Waals surface area contributed by atoms with Gasteiger partial charge in [0.05, 0.1) is 16.1 Å². The van der Waals surface area contributed by atoms with Gasteiger partial charge in [-0.25, -0.2) is 4.98 Å². The fraction of sp³-hybridized carbons (Fsp3) is 0.467. The van der Waals surface area contributed by atoms with Crippen molar-refractivity contribution in [2.75, 3.05) is 18.0 Å². The first-order valence-electron chi connectivity index (χ1n) is 6.97. The maximum atomic E-state index is 11.4. The molecule has 2 aromatic rings. The highest BCUT2D eigenvalue weighted by Gasteiger charge is 2.26. The van der Waals surface area contributed by atoms with Crippen LogP contribution >= 0.6 is 11.3 Å². The molecule has 0 aliphatic carbocycles. The van der Waals surface area contributed by atoms with Gasteiger partial charge in [0.2, 0.25) is 5.91 Å². The molecule has 1 fully saturated rings. The van der Waals surface area contributed by atoms with Gasteiger partial charge in [0.15, 0.2) is 5.13 Å². The zero-order valence-corrected chi connectivity index (χ0v) is 12.7. The highest BCUT2D eigenvalue weighted by atomic mass is 32.1. The minimum absolute atomic E-state index is 0.0436. The number of hydrogen-bond acceptors (Lipinski definition) is 4. The van der Waals surface area contributed by atoms with Crippen LogP contribution < -0.4 is 10.6 Å². The van der Waals surface area contributed by atoms with Crippen molar-refractivity contribution in [3.8, 4) is 0 Å². The van der Waals surface area contributed by atoms with Crippen molar-refractivity contribution in [3.05, 3.63) is 23.3 Å². The Balaban J connectivity index is 1.96. The van der Waals surface area contributed by atoms with Crippen LogP contribution in [0, 0.1) is 19.8 Å². The molecule has 1 atom stereocenters. The van der Waals surface area contributed by atoms with Gasteiger partial charge in [0.1, 0.15) is 0 Å². The average molecular weight is 289 g/mol. The van der Waals surface area contributed by atoms with Gasteiger partial charge in [-0.2, -0.15) is 0 Å². The second-order valence-corrected chi connectivity index (χ2v) is 6.54. The van der Waals surface area contributed by atoms with Crippen LogP contribution in [0.25, 0.3) is 10.2 Å². The molecule has 4 nitrogen and oxygen atoms in total. The molecule has 2 heterocycles. The Hall–Kier alpha value is -1.62. The number of carbonyl (C=O) groups excluding carboxylic acids is 1. The summed E-state index contributed by atoms with van der Waals surface area (Å²) in [6.45, 7) is 5.87. The third kappa shape index (κ3) is 2.26. The van der Waals surface area contributed by atoms with E-state index >= 15 is 0 Å². The quantitative estimate of drug-likeness (QED) is 0.924.